The van der Waals surface area contributed by atoms with Crippen LogP contribution in [-0.4, -0.2) is 51.1 Å². The van der Waals surface area contributed by atoms with Crippen LogP contribution in [0.2, 0.25) is 0 Å². The molecule has 21 heavy (non-hydrogen) atoms. The summed E-state index contributed by atoms with van der Waals surface area (Å²) < 4.78 is 0. The van der Waals surface area contributed by atoms with Gasteiger partial charge in [0.1, 0.15) is 0 Å². The Morgan fingerprint density at radius 2 is 2.19 bits per heavy atom. The van der Waals surface area contributed by atoms with Crippen molar-refractivity contribution in [3.05, 3.63) is 23.8 Å². The average molecular weight is 290 g/mol. The highest BCUT2D eigenvalue weighted by Crippen LogP contribution is 2.22. The first-order chi connectivity index (χ1) is 9.99. The maximum atomic E-state index is 12.2. The van der Waals surface area contributed by atoms with E-state index >= 15 is 0 Å². The molecule has 116 valence electrons. The van der Waals surface area contributed by atoms with Crippen LogP contribution in [0, 0.1) is 0 Å². The normalized spacial score (nSPS) is 19.3. The third-order valence-electron chi connectivity index (χ3n) is 4.19. The zero-order chi connectivity index (χ0) is 15.4. The molecule has 0 aromatic heterocycles. The van der Waals surface area contributed by atoms with E-state index in [2.05, 4.69) is 17.3 Å². The molecule has 1 unspecified atom stereocenters. The number of carbonyl (C=O) groups is 1. The molecule has 0 bridgehead atoms. The van der Waals surface area contributed by atoms with Gasteiger partial charge in [0.05, 0.1) is 11.4 Å². The SMILES string of the molecule is CN(C)c1ccc(C(=O)NCC2CCCCN2C)cc1N. The van der Waals surface area contributed by atoms with Crippen molar-refractivity contribution in [1.82, 2.24) is 10.2 Å². The smallest absolute Gasteiger partial charge is 0.251 e. The second-order valence-electron chi connectivity index (χ2n) is 6.01. The summed E-state index contributed by atoms with van der Waals surface area (Å²) in [6.45, 7) is 1.82. The number of nitrogen functional groups attached to an aromatic ring is 1. The molecule has 5 nitrogen and oxygen atoms in total. The number of piperidine rings is 1. The fourth-order valence-electron chi connectivity index (χ4n) is 2.82. The molecule has 1 aromatic rings. The van der Waals surface area contributed by atoms with Gasteiger partial charge < -0.3 is 20.9 Å². The first-order valence-corrected chi connectivity index (χ1v) is 7.54. The van der Waals surface area contributed by atoms with Crippen LogP contribution in [-0.2, 0) is 0 Å². The molecule has 1 aliphatic rings. The van der Waals surface area contributed by atoms with E-state index in [0.717, 1.165) is 18.7 Å². The summed E-state index contributed by atoms with van der Waals surface area (Å²) in [6, 6.07) is 5.90. The number of amides is 1. The number of rotatable bonds is 4. The summed E-state index contributed by atoms with van der Waals surface area (Å²) in [5.41, 5.74) is 8.17. The number of nitrogens with two attached hydrogens (primary N) is 1. The Morgan fingerprint density at radius 3 is 2.81 bits per heavy atom. The van der Waals surface area contributed by atoms with Crippen molar-refractivity contribution < 1.29 is 4.79 Å². The quantitative estimate of drug-likeness (QED) is 0.826. The van der Waals surface area contributed by atoms with E-state index < -0.39 is 0 Å². The van der Waals surface area contributed by atoms with Gasteiger partial charge in [0.25, 0.3) is 5.91 Å². The maximum Gasteiger partial charge on any atom is 0.251 e. The number of hydrogen-bond acceptors (Lipinski definition) is 4. The fraction of sp³-hybridized carbons (Fsp3) is 0.562. The Morgan fingerprint density at radius 1 is 1.43 bits per heavy atom. The van der Waals surface area contributed by atoms with Crippen LogP contribution < -0.4 is 16.0 Å². The summed E-state index contributed by atoms with van der Waals surface area (Å²) in [4.78, 5) is 16.5. The van der Waals surface area contributed by atoms with Crippen LogP contribution >= 0.6 is 0 Å². The molecule has 5 heteroatoms. The molecule has 1 saturated heterocycles. The summed E-state index contributed by atoms with van der Waals surface area (Å²) in [5, 5.41) is 3.03. The van der Waals surface area contributed by atoms with Crippen LogP contribution in [0.3, 0.4) is 0 Å². The van der Waals surface area contributed by atoms with Gasteiger partial charge in [-0.25, -0.2) is 0 Å². The van der Waals surface area contributed by atoms with E-state index in [1.807, 2.05) is 31.1 Å². The molecule has 0 spiro atoms. The lowest BCUT2D eigenvalue weighted by Crippen LogP contribution is -2.44. The van der Waals surface area contributed by atoms with Gasteiger partial charge >= 0.3 is 0 Å². The van der Waals surface area contributed by atoms with Crippen LogP contribution in [0.15, 0.2) is 18.2 Å². The standard InChI is InChI=1S/C16H26N4O/c1-19(2)15-8-7-12(10-14(15)17)16(21)18-11-13-6-4-5-9-20(13)3/h7-8,10,13H,4-6,9,11,17H2,1-3H3,(H,18,21). The predicted molar refractivity (Wildman–Crippen MR) is 87.8 cm³/mol. The topological polar surface area (TPSA) is 61.6 Å². The van der Waals surface area contributed by atoms with Crippen molar-refractivity contribution in [2.24, 2.45) is 0 Å². The van der Waals surface area contributed by atoms with Crippen LogP contribution in [0.5, 0.6) is 0 Å². The lowest BCUT2D eigenvalue weighted by atomic mass is 10.0. The van der Waals surface area contributed by atoms with E-state index in [9.17, 15) is 4.79 Å². The third kappa shape index (κ3) is 3.88. The molecule has 1 amide bonds. The monoisotopic (exact) mass is 290 g/mol. The number of nitrogens with one attached hydrogen (secondary N) is 1. The summed E-state index contributed by atoms with van der Waals surface area (Å²) in [6.07, 6.45) is 3.65. The number of nitrogens with zero attached hydrogens (tertiary/aromatic N) is 2. The number of anilines is 2. The van der Waals surface area contributed by atoms with Gasteiger partial charge in [-0.3, -0.25) is 4.79 Å². The minimum atomic E-state index is -0.0500. The second-order valence-corrected chi connectivity index (χ2v) is 6.01. The Hall–Kier alpha value is -1.75. The Kier molecular flexibility index (Phi) is 5.07. The highest BCUT2D eigenvalue weighted by atomic mass is 16.1. The molecular weight excluding hydrogens is 264 g/mol. The Labute approximate surface area is 127 Å². The van der Waals surface area contributed by atoms with E-state index in [4.69, 9.17) is 5.73 Å². The van der Waals surface area contributed by atoms with E-state index in [-0.39, 0.29) is 5.91 Å². The zero-order valence-corrected chi connectivity index (χ0v) is 13.2. The molecule has 1 atom stereocenters. The first kappa shape index (κ1) is 15.6. The molecule has 0 saturated carbocycles. The minimum Gasteiger partial charge on any atom is -0.397 e. The van der Waals surface area contributed by atoms with Crippen molar-refractivity contribution in [3.63, 3.8) is 0 Å². The van der Waals surface area contributed by atoms with Gasteiger partial charge in [-0.2, -0.15) is 0 Å². The number of carbonyl (C=O) groups excluding carboxylic acids is 1. The number of hydrogen-bond donors (Lipinski definition) is 2. The van der Waals surface area contributed by atoms with Gasteiger partial charge in [-0.15, -0.1) is 0 Å². The number of likely N-dealkylation sites (N-methyl/N-ethyl adjacent to an activating group) is 1. The van der Waals surface area contributed by atoms with Crippen LogP contribution in [0.4, 0.5) is 11.4 Å². The molecule has 1 heterocycles. The highest BCUT2D eigenvalue weighted by Gasteiger charge is 2.19. The third-order valence-corrected chi connectivity index (χ3v) is 4.19. The molecule has 1 aliphatic heterocycles. The van der Waals surface area contributed by atoms with Crippen molar-refractivity contribution in [2.75, 3.05) is 44.9 Å². The maximum absolute atomic E-state index is 12.2. The molecule has 1 fully saturated rings. The van der Waals surface area contributed by atoms with Crippen molar-refractivity contribution in [1.29, 1.82) is 0 Å². The molecule has 1 aromatic carbocycles. The Balaban J connectivity index is 1.95. The van der Waals surface area contributed by atoms with Crippen LogP contribution in [0.25, 0.3) is 0 Å². The average Bonchev–Trinajstić information content (AvgIpc) is 2.45. The first-order valence-electron chi connectivity index (χ1n) is 7.54. The highest BCUT2D eigenvalue weighted by molar-refractivity contribution is 5.96. The van der Waals surface area contributed by atoms with Gasteiger partial charge in [0, 0.05) is 32.2 Å². The van der Waals surface area contributed by atoms with Crippen molar-refractivity contribution in [3.8, 4) is 0 Å². The zero-order valence-electron chi connectivity index (χ0n) is 13.2. The van der Waals surface area contributed by atoms with E-state index in [0.29, 0.717) is 23.8 Å². The van der Waals surface area contributed by atoms with Crippen molar-refractivity contribution in [2.45, 2.75) is 25.3 Å². The van der Waals surface area contributed by atoms with Gasteiger partial charge in [-0.05, 0) is 44.6 Å². The lowest BCUT2D eigenvalue weighted by molar-refractivity contribution is 0.0928. The second kappa shape index (κ2) is 6.80. The van der Waals surface area contributed by atoms with Crippen LogP contribution in [0.1, 0.15) is 29.6 Å². The largest absolute Gasteiger partial charge is 0.397 e. The van der Waals surface area contributed by atoms with Crippen molar-refractivity contribution >= 4 is 17.3 Å². The van der Waals surface area contributed by atoms with Gasteiger partial charge in [0.15, 0.2) is 0 Å². The molecule has 2 rings (SSSR count). The fourth-order valence-corrected chi connectivity index (χ4v) is 2.82. The minimum absolute atomic E-state index is 0.0500. The summed E-state index contributed by atoms with van der Waals surface area (Å²) in [7, 11) is 5.99. The van der Waals surface area contributed by atoms with Gasteiger partial charge in [-0.1, -0.05) is 6.42 Å². The molecule has 0 radical (unpaired) electrons. The van der Waals surface area contributed by atoms with E-state index in [1.54, 1.807) is 6.07 Å². The molecule has 3 N–H and O–H groups in total. The predicted octanol–water partition coefficient (Wildman–Crippen LogP) is 1.55. The van der Waals surface area contributed by atoms with E-state index in [1.165, 1.54) is 12.8 Å². The summed E-state index contributed by atoms with van der Waals surface area (Å²) >= 11 is 0. The summed E-state index contributed by atoms with van der Waals surface area (Å²) in [5.74, 6) is -0.0500. The Bertz CT molecular complexity index is 501. The molecular formula is C16H26N4O. The molecule has 0 aliphatic carbocycles. The van der Waals surface area contributed by atoms with Gasteiger partial charge in [0.2, 0.25) is 0 Å². The number of likely N-dealkylation sites (tertiary alicyclic amines) is 1. The lowest BCUT2D eigenvalue weighted by Gasteiger charge is -2.32. The number of benzene rings is 1.